The lowest BCUT2D eigenvalue weighted by Gasteiger charge is -2.20. The number of unbranched alkanes of at least 4 members (excludes halogenated alkanes) is 40. The average molecular weight is 983 g/mol. The molecule has 6 heteroatoms. The van der Waals surface area contributed by atoms with Gasteiger partial charge in [-0.1, -0.05) is 268 Å². The first kappa shape index (κ1) is 67.8. The van der Waals surface area contributed by atoms with Gasteiger partial charge in [-0.05, 0) is 89.9 Å². The van der Waals surface area contributed by atoms with Crippen molar-refractivity contribution >= 4 is 11.9 Å². The van der Waals surface area contributed by atoms with Gasteiger partial charge in [0.2, 0.25) is 5.91 Å². The van der Waals surface area contributed by atoms with Crippen LogP contribution in [0, 0.1) is 0 Å². The van der Waals surface area contributed by atoms with E-state index in [1.54, 1.807) is 6.08 Å². The maximum Gasteiger partial charge on any atom is 0.305 e. The van der Waals surface area contributed by atoms with Crippen LogP contribution in [-0.2, 0) is 14.3 Å². The Morgan fingerprint density at radius 2 is 0.714 bits per heavy atom. The van der Waals surface area contributed by atoms with Gasteiger partial charge in [0.25, 0.3) is 0 Å². The van der Waals surface area contributed by atoms with Gasteiger partial charge in [0, 0.05) is 12.8 Å². The molecular weight excluding hydrogens is 863 g/mol. The summed E-state index contributed by atoms with van der Waals surface area (Å²) in [5, 5.41) is 23.2. The third-order valence-electron chi connectivity index (χ3n) is 14.1. The lowest BCUT2D eigenvalue weighted by atomic mass is 10.0. The summed E-state index contributed by atoms with van der Waals surface area (Å²) < 4.78 is 5.46. The van der Waals surface area contributed by atoms with Gasteiger partial charge in [0.05, 0.1) is 25.4 Å². The average Bonchev–Trinajstić information content (AvgIpc) is 3.36. The monoisotopic (exact) mass is 982 g/mol. The minimum absolute atomic E-state index is 0.0252. The molecule has 0 bridgehead atoms. The number of carbonyl (C=O) groups is 2. The molecule has 0 aliphatic heterocycles. The maximum absolute atomic E-state index is 12.5. The van der Waals surface area contributed by atoms with Crippen LogP contribution in [0.5, 0.6) is 0 Å². The Bertz CT molecular complexity index is 1180. The van der Waals surface area contributed by atoms with Crippen LogP contribution in [0.3, 0.4) is 0 Å². The van der Waals surface area contributed by atoms with Crippen LogP contribution < -0.4 is 5.32 Å². The van der Waals surface area contributed by atoms with Crippen LogP contribution in [0.2, 0.25) is 0 Å². The second-order valence-corrected chi connectivity index (χ2v) is 21.0. The Morgan fingerprint density at radius 3 is 1.13 bits per heavy atom. The van der Waals surface area contributed by atoms with E-state index in [-0.39, 0.29) is 18.5 Å². The van der Waals surface area contributed by atoms with Crippen LogP contribution in [0.4, 0.5) is 0 Å². The normalized spacial score (nSPS) is 12.9. The van der Waals surface area contributed by atoms with Gasteiger partial charge in [-0.3, -0.25) is 9.59 Å². The molecule has 0 aliphatic rings. The van der Waals surface area contributed by atoms with E-state index >= 15 is 0 Å². The highest BCUT2D eigenvalue weighted by Crippen LogP contribution is 2.17. The van der Waals surface area contributed by atoms with Crippen LogP contribution >= 0.6 is 0 Å². The molecule has 0 heterocycles. The van der Waals surface area contributed by atoms with E-state index in [2.05, 4.69) is 55.6 Å². The highest BCUT2D eigenvalue weighted by Gasteiger charge is 2.18. The Balaban J connectivity index is 3.51. The first-order chi connectivity index (χ1) is 34.5. The molecule has 0 aromatic rings. The number of ether oxygens (including phenoxy) is 1. The Hall–Kier alpha value is -2.18. The molecule has 0 aromatic carbocycles. The van der Waals surface area contributed by atoms with Crippen molar-refractivity contribution in [2.24, 2.45) is 0 Å². The summed E-state index contributed by atoms with van der Waals surface area (Å²) in [6.45, 7) is 4.85. The number of hydrogen-bond donors (Lipinski definition) is 3. The van der Waals surface area contributed by atoms with E-state index in [4.69, 9.17) is 4.74 Å². The van der Waals surface area contributed by atoms with Gasteiger partial charge in [0.15, 0.2) is 0 Å². The van der Waals surface area contributed by atoms with Crippen molar-refractivity contribution in [3.8, 4) is 0 Å². The van der Waals surface area contributed by atoms with Gasteiger partial charge in [-0.25, -0.2) is 0 Å². The van der Waals surface area contributed by atoms with E-state index in [1.807, 2.05) is 6.08 Å². The summed E-state index contributed by atoms with van der Waals surface area (Å²) in [6, 6.07) is -0.642. The summed E-state index contributed by atoms with van der Waals surface area (Å²) in [4.78, 5) is 24.5. The van der Waals surface area contributed by atoms with Crippen molar-refractivity contribution in [1.29, 1.82) is 0 Å². The molecule has 2 atom stereocenters. The first-order valence-corrected chi connectivity index (χ1v) is 30.9. The topological polar surface area (TPSA) is 95.9 Å². The second kappa shape index (κ2) is 59.4. The standard InChI is InChI=1S/C64H119NO5/c1-3-5-7-9-11-13-15-17-19-20-21-22-23-24-25-26-29-32-36-40-44-48-52-56-62(67)61(60-66)65-63(68)57-53-49-45-41-37-33-30-27-31-35-39-43-47-51-55-59-70-64(69)58-54-50-46-42-38-34-28-18-16-14-12-10-8-6-4-2/h12,14,18,28,31,35,52,56,61-62,66-67H,3-11,13,15-17,19-27,29-30,32-34,36-51,53-55,57-60H2,1-2H3,(H,65,68)/b14-12-,28-18-,35-31-,56-52+. The molecule has 6 nitrogen and oxygen atoms in total. The molecule has 410 valence electrons. The Morgan fingerprint density at radius 1 is 0.400 bits per heavy atom. The van der Waals surface area contributed by atoms with Gasteiger partial charge < -0.3 is 20.3 Å². The Kier molecular flexibility index (Phi) is 57.5. The summed E-state index contributed by atoms with van der Waals surface area (Å²) in [6.07, 6.45) is 75.7. The quantitative estimate of drug-likeness (QED) is 0.0321. The van der Waals surface area contributed by atoms with Crippen LogP contribution in [0.1, 0.15) is 322 Å². The highest BCUT2D eigenvalue weighted by atomic mass is 16.5. The fourth-order valence-corrected chi connectivity index (χ4v) is 9.31. The van der Waals surface area contributed by atoms with Crippen LogP contribution in [0.25, 0.3) is 0 Å². The fraction of sp³-hybridized carbons (Fsp3) is 0.844. The number of allylic oxidation sites excluding steroid dienone is 7. The van der Waals surface area contributed by atoms with Crippen molar-refractivity contribution in [3.05, 3.63) is 48.6 Å². The van der Waals surface area contributed by atoms with Crippen LogP contribution in [0.15, 0.2) is 48.6 Å². The predicted octanol–water partition coefficient (Wildman–Crippen LogP) is 19.4. The SMILES string of the molecule is CCCCC/C=C\C/C=C\CCCCCCCC(=O)OCCCCCC/C=C\CCCCCCCCCC(=O)NC(CO)C(O)/C=C/CCCCCCCCCCCCCCCCCCCCCCC. The minimum Gasteiger partial charge on any atom is -0.466 e. The van der Waals surface area contributed by atoms with E-state index in [0.29, 0.717) is 19.4 Å². The van der Waals surface area contributed by atoms with Crippen molar-refractivity contribution in [2.75, 3.05) is 13.2 Å². The number of nitrogens with one attached hydrogen (secondary N) is 1. The van der Waals surface area contributed by atoms with E-state index in [9.17, 15) is 19.8 Å². The Labute approximate surface area is 436 Å². The molecule has 0 rings (SSSR count). The molecule has 2 unspecified atom stereocenters. The second-order valence-electron chi connectivity index (χ2n) is 21.0. The van der Waals surface area contributed by atoms with Gasteiger partial charge >= 0.3 is 5.97 Å². The number of aliphatic hydroxyl groups is 2. The van der Waals surface area contributed by atoms with Crippen molar-refractivity contribution in [1.82, 2.24) is 5.32 Å². The van der Waals surface area contributed by atoms with Gasteiger partial charge in [-0.15, -0.1) is 0 Å². The maximum atomic E-state index is 12.5. The lowest BCUT2D eigenvalue weighted by Crippen LogP contribution is -2.45. The molecule has 1 amide bonds. The number of aliphatic hydroxyl groups excluding tert-OH is 2. The van der Waals surface area contributed by atoms with Gasteiger partial charge in [-0.2, -0.15) is 0 Å². The van der Waals surface area contributed by atoms with Crippen molar-refractivity contribution in [3.63, 3.8) is 0 Å². The summed E-state index contributed by atoms with van der Waals surface area (Å²) in [7, 11) is 0. The zero-order valence-corrected chi connectivity index (χ0v) is 46.7. The smallest absolute Gasteiger partial charge is 0.305 e. The largest absolute Gasteiger partial charge is 0.466 e. The fourth-order valence-electron chi connectivity index (χ4n) is 9.31. The highest BCUT2D eigenvalue weighted by molar-refractivity contribution is 5.76. The zero-order chi connectivity index (χ0) is 50.7. The first-order valence-electron chi connectivity index (χ1n) is 30.9. The molecular formula is C64H119NO5. The molecule has 3 N–H and O–H groups in total. The molecule has 70 heavy (non-hydrogen) atoms. The number of carbonyl (C=O) groups excluding carboxylic acids is 2. The molecule has 0 fully saturated rings. The number of esters is 1. The third-order valence-corrected chi connectivity index (χ3v) is 14.1. The lowest BCUT2D eigenvalue weighted by molar-refractivity contribution is -0.143. The van der Waals surface area contributed by atoms with Crippen molar-refractivity contribution in [2.45, 2.75) is 334 Å². The van der Waals surface area contributed by atoms with Crippen LogP contribution in [-0.4, -0.2) is 47.4 Å². The number of hydrogen-bond acceptors (Lipinski definition) is 5. The molecule has 0 aromatic heterocycles. The van der Waals surface area contributed by atoms with E-state index in [1.165, 1.54) is 212 Å². The summed E-state index contributed by atoms with van der Waals surface area (Å²) in [5.41, 5.74) is 0. The summed E-state index contributed by atoms with van der Waals surface area (Å²) in [5.74, 6) is -0.107. The van der Waals surface area contributed by atoms with Crippen molar-refractivity contribution < 1.29 is 24.5 Å². The number of rotatable bonds is 57. The minimum atomic E-state index is -0.857. The van der Waals surface area contributed by atoms with Gasteiger partial charge in [0.1, 0.15) is 0 Å². The van der Waals surface area contributed by atoms with E-state index < -0.39 is 12.1 Å². The summed E-state index contributed by atoms with van der Waals surface area (Å²) >= 11 is 0. The molecule has 0 saturated carbocycles. The number of amides is 1. The molecule has 0 saturated heterocycles. The molecule has 0 aliphatic carbocycles. The third kappa shape index (κ3) is 55.1. The predicted molar refractivity (Wildman–Crippen MR) is 306 cm³/mol. The zero-order valence-electron chi connectivity index (χ0n) is 46.7. The molecule has 0 spiro atoms. The molecule has 0 radical (unpaired) electrons. The van der Waals surface area contributed by atoms with E-state index in [0.717, 1.165) is 83.5 Å².